The summed E-state index contributed by atoms with van der Waals surface area (Å²) in [4.78, 5) is 12.9. The van der Waals surface area contributed by atoms with Crippen molar-refractivity contribution in [1.82, 2.24) is 0 Å². The Morgan fingerprint density at radius 2 is 1.95 bits per heavy atom. The van der Waals surface area contributed by atoms with Gasteiger partial charge in [-0.05, 0) is 30.7 Å². The van der Waals surface area contributed by atoms with E-state index in [0.29, 0.717) is 17.2 Å². The Morgan fingerprint density at radius 3 is 2.73 bits per heavy atom. The molecule has 0 atom stereocenters. The summed E-state index contributed by atoms with van der Waals surface area (Å²) >= 11 is 1.39. The molecule has 4 nitrogen and oxygen atoms in total. The lowest BCUT2D eigenvalue weighted by molar-refractivity contribution is -0.118. The first-order valence-corrected chi connectivity index (χ1v) is 7.76. The Morgan fingerprint density at radius 1 is 1.23 bits per heavy atom. The van der Waals surface area contributed by atoms with Gasteiger partial charge in [-0.15, -0.1) is 11.8 Å². The van der Waals surface area contributed by atoms with E-state index in [1.165, 1.54) is 11.8 Å². The summed E-state index contributed by atoms with van der Waals surface area (Å²) in [5.41, 5.74) is 1.68. The monoisotopic (exact) mass is 312 g/mol. The first-order valence-electron chi connectivity index (χ1n) is 6.78. The number of benzene rings is 2. The van der Waals surface area contributed by atoms with Gasteiger partial charge in [-0.3, -0.25) is 4.79 Å². The van der Waals surface area contributed by atoms with Crippen molar-refractivity contribution in [3.05, 3.63) is 54.1 Å². The fourth-order valence-corrected chi connectivity index (χ4v) is 2.52. The number of para-hydroxylation sites is 2. The molecule has 2 rings (SSSR count). The summed E-state index contributed by atoms with van der Waals surface area (Å²) in [5.74, 6) is 0.810. The molecule has 22 heavy (non-hydrogen) atoms. The summed E-state index contributed by atoms with van der Waals surface area (Å²) in [7, 11) is 0. The van der Waals surface area contributed by atoms with E-state index >= 15 is 0 Å². The normalized spacial score (nSPS) is 9.82. The van der Waals surface area contributed by atoms with Gasteiger partial charge in [0.1, 0.15) is 5.75 Å². The van der Waals surface area contributed by atoms with Gasteiger partial charge in [0, 0.05) is 4.90 Å². The van der Waals surface area contributed by atoms with Crippen molar-refractivity contribution < 1.29 is 9.53 Å². The third-order valence-corrected chi connectivity index (χ3v) is 3.85. The van der Waals surface area contributed by atoms with Gasteiger partial charge in [0.2, 0.25) is 0 Å². The number of amides is 1. The topological polar surface area (TPSA) is 62.1 Å². The van der Waals surface area contributed by atoms with E-state index in [9.17, 15) is 4.79 Å². The summed E-state index contributed by atoms with van der Waals surface area (Å²) in [5, 5.41) is 11.5. The van der Waals surface area contributed by atoms with Crippen LogP contribution in [0.2, 0.25) is 0 Å². The minimum atomic E-state index is -0.228. The molecule has 2 aromatic rings. The SMILES string of the molecule is Cc1ccccc1OCC(=O)Nc1ccccc1SCC#N. The maximum absolute atomic E-state index is 12.0. The Bertz CT molecular complexity index is 695. The van der Waals surface area contributed by atoms with Gasteiger partial charge in [0.25, 0.3) is 5.91 Å². The highest BCUT2D eigenvalue weighted by atomic mass is 32.2. The maximum Gasteiger partial charge on any atom is 0.262 e. The molecular weight excluding hydrogens is 296 g/mol. The molecule has 0 fully saturated rings. The van der Waals surface area contributed by atoms with Crippen molar-refractivity contribution >= 4 is 23.4 Å². The predicted octanol–water partition coefficient (Wildman–Crippen LogP) is 3.63. The summed E-state index contributed by atoms with van der Waals surface area (Å²) in [6.45, 7) is 1.88. The van der Waals surface area contributed by atoms with Gasteiger partial charge in [-0.25, -0.2) is 0 Å². The van der Waals surface area contributed by atoms with Gasteiger partial charge in [0.15, 0.2) is 6.61 Å². The standard InChI is InChI=1S/C17H16N2O2S/c1-13-6-2-4-8-15(13)21-12-17(20)19-14-7-3-5-9-16(14)22-11-10-18/h2-9H,11-12H2,1H3,(H,19,20). The zero-order chi connectivity index (χ0) is 15.8. The quantitative estimate of drug-likeness (QED) is 0.827. The van der Waals surface area contributed by atoms with Crippen LogP contribution < -0.4 is 10.1 Å². The highest BCUT2D eigenvalue weighted by Gasteiger charge is 2.08. The highest BCUT2D eigenvalue weighted by Crippen LogP contribution is 2.26. The Hall–Kier alpha value is -2.45. The molecule has 0 aliphatic heterocycles. The third kappa shape index (κ3) is 4.54. The molecular formula is C17H16N2O2S. The number of carbonyl (C=O) groups is 1. The fourth-order valence-electron chi connectivity index (χ4n) is 1.85. The summed E-state index contributed by atoms with van der Waals surface area (Å²) in [6.07, 6.45) is 0. The van der Waals surface area contributed by atoms with Crippen LogP contribution in [0.25, 0.3) is 0 Å². The maximum atomic E-state index is 12.0. The molecule has 0 aliphatic rings. The van der Waals surface area contributed by atoms with Crippen LogP contribution in [0.5, 0.6) is 5.75 Å². The van der Waals surface area contributed by atoms with Gasteiger partial charge >= 0.3 is 0 Å². The number of carbonyl (C=O) groups excluding carboxylic acids is 1. The van der Waals surface area contributed by atoms with Crippen LogP contribution in [0.15, 0.2) is 53.4 Å². The van der Waals surface area contributed by atoms with Crippen molar-refractivity contribution in [3.63, 3.8) is 0 Å². The lowest BCUT2D eigenvalue weighted by Crippen LogP contribution is -2.20. The minimum Gasteiger partial charge on any atom is -0.483 e. The molecule has 0 aromatic heterocycles. The van der Waals surface area contributed by atoms with E-state index in [2.05, 4.69) is 11.4 Å². The fraction of sp³-hybridized carbons (Fsp3) is 0.176. The molecule has 1 N–H and O–H groups in total. The molecule has 0 unspecified atom stereocenters. The molecule has 1 amide bonds. The first-order chi connectivity index (χ1) is 10.7. The molecule has 0 saturated heterocycles. The van der Waals surface area contributed by atoms with Crippen LogP contribution in [0, 0.1) is 18.3 Å². The summed E-state index contributed by atoms with van der Waals surface area (Å²) < 4.78 is 5.52. The Labute approximate surface area is 134 Å². The largest absolute Gasteiger partial charge is 0.483 e. The van der Waals surface area contributed by atoms with Crippen molar-refractivity contribution in [3.8, 4) is 11.8 Å². The lowest BCUT2D eigenvalue weighted by Gasteiger charge is -2.11. The molecule has 112 valence electrons. The number of thioether (sulfide) groups is 1. The van der Waals surface area contributed by atoms with E-state index in [1.54, 1.807) is 0 Å². The van der Waals surface area contributed by atoms with Crippen LogP contribution in [0.4, 0.5) is 5.69 Å². The first kappa shape index (κ1) is 15.9. The number of nitrogens with zero attached hydrogens (tertiary/aromatic N) is 1. The second-order valence-electron chi connectivity index (χ2n) is 4.55. The average Bonchev–Trinajstić information content (AvgIpc) is 2.53. The number of anilines is 1. The predicted molar refractivity (Wildman–Crippen MR) is 88.1 cm³/mol. The van der Waals surface area contributed by atoms with Crippen LogP contribution in [0.1, 0.15) is 5.56 Å². The van der Waals surface area contributed by atoms with Crippen LogP contribution in [-0.4, -0.2) is 18.3 Å². The van der Waals surface area contributed by atoms with Crippen molar-refractivity contribution in [2.45, 2.75) is 11.8 Å². The molecule has 0 spiro atoms. The van der Waals surface area contributed by atoms with Crippen molar-refractivity contribution in [2.24, 2.45) is 0 Å². The van der Waals surface area contributed by atoms with Crippen molar-refractivity contribution in [1.29, 1.82) is 5.26 Å². The van der Waals surface area contributed by atoms with Crippen LogP contribution in [0.3, 0.4) is 0 Å². The second kappa shape index (κ2) is 8.11. The summed E-state index contributed by atoms with van der Waals surface area (Å²) in [6, 6.07) is 17.0. The molecule has 0 aliphatic carbocycles. The van der Waals surface area contributed by atoms with E-state index in [4.69, 9.17) is 10.00 Å². The minimum absolute atomic E-state index is 0.0535. The smallest absolute Gasteiger partial charge is 0.262 e. The molecule has 2 aromatic carbocycles. The highest BCUT2D eigenvalue weighted by molar-refractivity contribution is 7.99. The zero-order valence-corrected chi connectivity index (χ0v) is 13.0. The second-order valence-corrected chi connectivity index (χ2v) is 5.56. The molecule has 5 heteroatoms. The number of rotatable bonds is 6. The van der Waals surface area contributed by atoms with Crippen LogP contribution in [-0.2, 0) is 4.79 Å². The molecule has 0 radical (unpaired) electrons. The third-order valence-electron chi connectivity index (χ3n) is 2.91. The van der Waals surface area contributed by atoms with E-state index in [0.717, 1.165) is 10.5 Å². The van der Waals surface area contributed by atoms with E-state index in [-0.39, 0.29) is 12.5 Å². The van der Waals surface area contributed by atoms with Gasteiger partial charge in [0.05, 0.1) is 17.5 Å². The average molecular weight is 312 g/mol. The number of nitrogens with one attached hydrogen (secondary N) is 1. The van der Waals surface area contributed by atoms with E-state index in [1.807, 2.05) is 55.5 Å². The Kier molecular flexibility index (Phi) is 5.87. The molecule has 0 heterocycles. The number of nitriles is 1. The van der Waals surface area contributed by atoms with E-state index < -0.39 is 0 Å². The number of ether oxygens (including phenoxy) is 1. The number of hydrogen-bond donors (Lipinski definition) is 1. The van der Waals surface area contributed by atoms with Crippen molar-refractivity contribution in [2.75, 3.05) is 17.7 Å². The molecule has 0 saturated carbocycles. The molecule has 0 bridgehead atoms. The lowest BCUT2D eigenvalue weighted by atomic mass is 10.2. The zero-order valence-electron chi connectivity index (χ0n) is 12.2. The van der Waals surface area contributed by atoms with Gasteiger partial charge < -0.3 is 10.1 Å². The number of aryl methyl sites for hydroxylation is 1. The van der Waals surface area contributed by atoms with Gasteiger partial charge in [-0.1, -0.05) is 30.3 Å². The number of hydrogen-bond acceptors (Lipinski definition) is 4. The van der Waals surface area contributed by atoms with Gasteiger partial charge in [-0.2, -0.15) is 5.26 Å². The Balaban J connectivity index is 1.95. The van der Waals surface area contributed by atoms with Crippen LogP contribution >= 0.6 is 11.8 Å².